The maximum atomic E-state index is 6.01. The van der Waals surface area contributed by atoms with E-state index in [2.05, 4.69) is 15.2 Å². The van der Waals surface area contributed by atoms with Gasteiger partial charge in [-0.3, -0.25) is 0 Å². The van der Waals surface area contributed by atoms with E-state index in [0.717, 1.165) is 18.4 Å². The fraction of sp³-hybridized carbons (Fsp3) is 0.300. The minimum absolute atomic E-state index is 0.608. The first kappa shape index (κ1) is 10.3. The molecule has 15 heavy (non-hydrogen) atoms. The largest absolute Gasteiger partial charge is 0.330 e. The molecule has 2 rings (SSSR count). The highest BCUT2D eigenvalue weighted by Gasteiger charge is 2.04. The maximum Gasteiger partial charge on any atom is 0.151 e. The standard InChI is InChI=1S/C10H11ClN4/c11-7-3-1-4-8-10(7)13-9(15-14-8)5-2-6-12/h1,3-4H,2,5-6,12H2. The van der Waals surface area contributed by atoms with E-state index in [-0.39, 0.29) is 0 Å². The second kappa shape index (κ2) is 4.51. The summed E-state index contributed by atoms with van der Waals surface area (Å²) < 4.78 is 0. The van der Waals surface area contributed by atoms with Gasteiger partial charge in [0.05, 0.1) is 5.02 Å². The molecule has 1 aromatic heterocycles. The molecule has 78 valence electrons. The summed E-state index contributed by atoms with van der Waals surface area (Å²) in [4.78, 5) is 4.35. The van der Waals surface area contributed by atoms with Crippen molar-refractivity contribution in [3.8, 4) is 0 Å². The van der Waals surface area contributed by atoms with Crippen LogP contribution in [-0.4, -0.2) is 21.7 Å². The Balaban J connectivity index is 2.41. The summed E-state index contributed by atoms with van der Waals surface area (Å²) in [7, 11) is 0. The summed E-state index contributed by atoms with van der Waals surface area (Å²) in [5.74, 6) is 0.695. The Bertz CT molecular complexity index is 472. The zero-order chi connectivity index (χ0) is 10.7. The smallest absolute Gasteiger partial charge is 0.151 e. The third-order valence-corrected chi connectivity index (χ3v) is 2.39. The van der Waals surface area contributed by atoms with Gasteiger partial charge in [0, 0.05) is 6.42 Å². The van der Waals surface area contributed by atoms with Gasteiger partial charge in [-0.1, -0.05) is 17.7 Å². The molecule has 0 aliphatic heterocycles. The number of fused-ring (bicyclic) bond motifs is 1. The normalized spacial score (nSPS) is 10.8. The van der Waals surface area contributed by atoms with Gasteiger partial charge in [0.2, 0.25) is 0 Å². The summed E-state index contributed by atoms with van der Waals surface area (Å²) in [5, 5.41) is 8.68. The van der Waals surface area contributed by atoms with Gasteiger partial charge in [-0.25, -0.2) is 4.98 Å². The molecule has 0 radical (unpaired) electrons. The van der Waals surface area contributed by atoms with Gasteiger partial charge >= 0.3 is 0 Å². The van der Waals surface area contributed by atoms with Crippen LogP contribution in [0, 0.1) is 0 Å². The van der Waals surface area contributed by atoms with E-state index >= 15 is 0 Å². The molecule has 0 aliphatic rings. The van der Waals surface area contributed by atoms with Gasteiger partial charge in [0.15, 0.2) is 5.82 Å². The molecule has 1 aromatic carbocycles. The number of hydrogen-bond acceptors (Lipinski definition) is 4. The second-order valence-electron chi connectivity index (χ2n) is 3.23. The maximum absolute atomic E-state index is 6.01. The van der Waals surface area contributed by atoms with Gasteiger partial charge in [0.25, 0.3) is 0 Å². The molecule has 0 fully saturated rings. The first-order valence-electron chi connectivity index (χ1n) is 4.79. The van der Waals surface area contributed by atoms with E-state index in [1.165, 1.54) is 0 Å². The number of para-hydroxylation sites is 1. The molecule has 0 aliphatic carbocycles. The molecular weight excluding hydrogens is 212 g/mol. The lowest BCUT2D eigenvalue weighted by atomic mass is 10.3. The van der Waals surface area contributed by atoms with E-state index in [4.69, 9.17) is 17.3 Å². The van der Waals surface area contributed by atoms with Gasteiger partial charge in [0.1, 0.15) is 11.0 Å². The van der Waals surface area contributed by atoms with E-state index in [9.17, 15) is 0 Å². The predicted octanol–water partition coefficient (Wildman–Crippen LogP) is 1.57. The Morgan fingerprint density at radius 2 is 2.13 bits per heavy atom. The second-order valence-corrected chi connectivity index (χ2v) is 3.64. The van der Waals surface area contributed by atoms with Crippen LogP contribution in [0.5, 0.6) is 0 Å². The predicted molar refractivity (Wildman–Crippen MR) is 59.7 cm³/mol. The lowest BCUT2D eigenvalue weighted by molar-refractivity contribution is 0.764. The van der Waals surface area contributed by atoms with E-state index < -0.39 is 0 Å². The molecule has 0 saturated carbocycles. The number of nitrogens with two attached hydrogens (primary N) is 1. The third kappa shape index (κ3) is 2.22. The average Bonchev–Trinajstić information content (AvgIpc) is 2.27. The molecule has 2 N–H and O–H groups in total. The molecule has 0 unspecified atom stereocenters. The number of hydrogen-bond donors (Lipinski definition) is 1. The molecule has 0 bridgehead atoms. The van der Waals surface area contributed by atoms with Crippen molar-refractivity contribution in [2.75, 3.05) is 6.54 Å². The molecule has 5 heteroatoms. The van der Waals surface area contributed by atoms with Crippen molar-refractivity contribution in [3.05, 3.63) is 29.0 Å². The minimum atomic E-state index is 0.608. The molecule has 0 saturated heterocycles. The van der Waals surface area contributed by atoms with Crippen molar-refractivity contribution in [1.82, 2.24) is 15.2 Å². The summed E-state index contributed by atoms with van der Waals surface area (Å²) in [6.45, 7) is 0.629. The zero-order valence-electron chi connectivity index (χ0n) is 8.15. The number of halogens is 1. The molecule has 0 amide bonds. The SMILES string of the molecule is NCCCc1nnc2cccc(Cl)c2n1. The molecule has 1 heterocycles. The lowest BCUT2D eigenvalue weighted by Crippen LogP contribution is -2.04. The van der Waals surface area contributed by atoms with Crippen molar-refractivity contribution in [3.63, 3.8) is 0 Å². The number of rotatable bonds is 3. The highest BCUT2D eigenvalue weighted by Crippen LogP contribution is 2.18. The molecule has 4 nitrogen and oxygen atoms in total. The Hall–Kier alpha value is -1.26. The zero-order valence-corrected chi connectivity index (χ0v) is 8.91. The first-order chi connectivity index (χ1) is 7.31. The average molecular weight is 223 g/mol. The van der Waals surface area contributed by atoms with Crippen LogP contribution in [-0.2, 0) is 6.42 Å². The fourth-order valence-electron chi connectivity index (χ4n) is 1.32. The number of benzene rings is 1. The summed E-state index contributed by atoms with van der Waals surface area (Å²) >= 11 is 6.01. The van der Waals surface area contributed by atoms with Crippen LogP contribution < -0.4 is 5.73 Å². The van der Waals surface area contributed by atoms with Crippen molar-refractivity contribution in [2.45, 2.75) is 12.8 Å². The topological polar surface area (TPSA) is 64.7 Å². The monoisotopic (exact) mass is 222 g/mol. The van der Waals surface area contributed by atoms with Gasteiger partial charge < -0.3 is 5.73 Å². The van der Waals surface area contributed by atoms with Crippen molar-refractivity contribution in [2.24, 2.45) is 5.73 Å². The van der Waals surface area contributed by atoms with Crippen LogP contribution in [0.3, 0.4) is 0 Å². The lowest BCUT2D eigenvalue weighted by Gasteiger charge is -2.01. The van der Waals surface area contributed by atoms with Gasteiger partial charge in [-0.2, -0.15) is 0 Å². The number of aryl methyl sites for hydroxylation is 1. The third-order valence-electron chi connectivity index (χ3n) is 2.08. The van der Waals surface area contributed by atoms with E-state index in [1.54, 1.807) is 6.07 Å². The van der Waals surface area contributed by atoms with Crippen molar-refractivity contribution < 1.29 is 0 Å². The Morgan fingerprint density at radius 1 is 1.27 bits per heavy atom. The van der Waals surface area contributed by atoms with Crippen LogP contribution in [0.15, 0.2) is 18.2 Å². The Labute approximate surface area is 92.5 Å². The number of aromatic nitrogens is 3. The quantitative estimate of drug-likeness (QED) is 0.856. The minimum Gasteiger partial charge on any atom is -0.330 e. The highest BCUT2D eigenvalue weighted by atomic mass is 35.5. The first-order valence-corrected chi connectivity index (χ1v) is 5.17. The Kier molecular flexibility index (Phi) is 3.08. The van der Waals surface area contributed by atoms with Crippen LogP contribution in [0.1, 0.15) is 12.2 Å². The van der Waals surface area contributed by atoms with E-state index in [0.29, 0.717) is 22.9 Å². The molecule has 0 spiro atoms. The Morgan fingerprint density at radius 3 is 2.93 bits per heavy atom. The molecule has 0 atom stereocenters. The summed E-state index contributed by atoms with van der Waals surface area (Å²) in [5.41, 5.74) is 6.85. The van der Waals surface area contributed by atoms with Crippen LogP contribution in [0.4, 0.5) is 0 Å². The number of nitrogens with zero attached hydrogens (tertiary/aromatic N) is 3. The van der Waals surface area contributed by atoms with Gasteiger partial charge in [-0.05, 0) is 25.1 Å². The van der Waals surface area contributed by atoms with Crippen molar-refractivity contribution in [1.29, 1.82) is 0 Å². The molecular formula is C10H11ClN4. The van der Waals surface area contributed by atoms with Gasteiger partial charge in [-0.15, -0.1) is 10.2 Å². The van der Waals surface area contributed by atoms with E-state index in [1.807, 2.05) is 12.1 Å². The molecule has 2 aromatic rings. The van der Waals surface area contributed by atoms with Crippen molar-refractivity contribution >= 4 is 22.6 Å². The van der Waals surface area contributed by atoms with Crippen LogP contribution >= 0.6 is 11.6 Å². The summed E-state index contributed by atoms with van der Waals surface area (Å²) in [6, 6.07) is 5.47. The highest BCUT2D eigenvalue weighted by molar-refractivity contribution is 6.34. The van der Waals surface area contributed by atoms with Crippen LogP contribution in [0.25, 0.3) is 11.0 Å². The summed E-state index contributed by atoms with van der Waals surface area (Å²) in [6.07, 6.45) is 1.60. The van der Waals surface area contributed by atoms with Crippen LogP contribution in [0.2, 0.25) is 5.02 Å². The fourth-order valence-corrected chi connectivity index (χ4v) is 1.54.